The van der Waals surface area contributed by atoms with Gasteiger partial charge in [0.2, 0.25) is 0 Å². The Kier molecular flexibility index (Phi) is 6.85. The molecule has 1 atom stereocenters. The number of piperidine rings is 1. The van der Waals surface area contributed by atoms with E-state index < -0.39 is 0 Å². The van der Waals surface area contributed by atoms with E-state index in [9.17, 15) is 4.79 Å². The summed E-state index contributed by atoms with van der Waals surface area (Å²) in [5.41, 5.74) is 0. The van der Waals surface area contributed by atoms with Gasteiger partial charge in [-0.3, -0.25) is 4.79 Å². The van der Waals surface area contributed by atoms with E-state index in [4.69, 9.17) is 4.74 Å². The second-order valence-electron chi connectivity index (χ2n) is 6.66. The Labute approximate surface area is 124 Å². The van der Waals surface area contributed by atoms with Crippen LogP contribution in [0, 0.1) is 5.92 Å². The Hall–Kier alpha value is -0.570. The van der Waals surface area contributed by atoms with Crippen LogP contribution >= 0.6 is 0 Å². The topological polar surface area (TPSA) is 29.5 Å². The quantitative estimate of drug-likeness (QED) is 0.548. The molecule has 20 heavy (non-hydrogen) atoms. The van der Waals surface area contributed by atoms with Crippen LogP contribution < -0.4 is 0 Å². The van der Waals surface area contributed by atoms with E-state index in [0.717, 1.165) is 13.0 Å². The second kappa shape index (κ2) is 8.66. The third-order valence-corrected chi connectivity index (χ3v) is 4.97. The molecule has 0 bridgehead atoms. The standard InChI is InChI=1S/C17H31NO2/c1-15-8-5-6-11-18(15)12-7-13-20-17(19)14-16-9-3-2-4-10-16/h15-16H,2-14H2,1H3/t15-/m0/s1. The molecule has 2 fully saturated rings. The van der Waals surface area contributed by atoms with Crippen molar-refractivity contribution in [3.8, 4) is 0 Å². The SMILES string of the molecule is C[C@H]1CCCCN1CCCOC(=O)CC1CCCCC1. The normalized spacial score (nSPS) is 25.6. The van der Waals surface area contributed by atoms with Crippen molar-refractivity contribution in [2.45, 2.75) is 77.2 Å². The van der Waals surface area contributed by atoms with Crippen molar-refractivity contribution in [1.29, 1.82) is 0 Å². The molecule has 0 aromatic heterocycles. The summed E-state index contributed by atoms with van der Waals surface area (Å²) in [5, 5.41) is 0. The van der Waals surface area contributed by atoms with Gasteiger partial charge < -0.3 is 9.64 Å². The predicted molar refractivity (Wildman–Crippen MR) is 81.7 cm³/mol. The minimum absolute atomic E-state index is 0.0311. The van der Waals surface area contributed by atoms with E-state index in [1.807, 2.05) is 0 Å². The molecule has 0 aromatic carbocycles. The first-order valence-corrected chi connectivity index (χ1v) is 8.65. The molecule has 1 aliphatic carbocycles. The molecule has 1 aliphatic heterocycles. The lowest BCUT2D eigenvalue weighted by Gasteiger charge is -2.33. The summed E-state index contributed by atoms with van der Waals surface area (Å²) >= 11 is 0. The summed E-state index contributed by atoms with van der Waals surface area (Å²) in [6, 6.07) is 0.710. The van der Waals surface area contributed by atoms with Crippen molar-refractivity contribution in [1.82, 2.24) is 4.90 Å². The number of carbonyl (C=O) groups is 1. The first kappa shape index (κ1) is 15.8. The molecule has 116 valence electrons. The fourth-order valence-corrected chi connectivity index (χ4v) is 3.63. The Morgan fingerprint density at radius 3 is 2.60 bits per heavy atom. The number of esters is 1. The van der Waals surface area contributed by atoms with Gasteiger partial charge in [-0.05, 0) is 51.5 Å². The highest BCUT2D eigenvalue weighted by atomic mass is 16.5. The van der Waals surface area contributed by atoms with Crippen molar-refractivity contribution in [2.24, 2.45) is 5.92 Å². The Bertz CT molecular complexity index is 287. The molecule has 1 saturated heterocycles. The van der Waals surface area contributed by atoms with Gasteiger partial charge in [-0.15, -0.1) is 0 Å². The van der Waals surface area contributed by atoms with Crippen LogP contribution in [0.1, 0.15) is 71.1 Å². The van der Waals surface area contributed by atoms with Crippen molar-refractivity contribution in [2.75, 3.05) is 19.7 Å². The van der Waals surface area contributed by atoms with Gasteiger partial charge in [0.15, 0.2) is 0 Å². The average Bonchev–Trinajstić information content (AvgIpc) is 2.46. The lowest BCUT2D eigenvalue weighted by molar-refractivity contribution is -0.145. The number of rotatable bonds is 6. The van der Waals surface area contributed by atoms with E-state index in [2.05, 4.69) is 11.8 Å². The van der Waals surface area contributed by atoms with E-state index in [1.54, 1.807) is 0 Å². The molecule has 0 spiro atoms. The van der Waals surface area contributed by atoms with Gasteiger partial charge in [-0.25, -0.2) is 0 Å². The summed E-state index contributed by atoms with van der Waals surface area (Å²) in [6.07, 6.45) is 12.0. The minimum Gasteiger partial charge on any atom is -0.466 e. The summed E-state index contributed by atoms with van der Waals surface area (Å²) in [7, 11) is 0. The summed E-state index contributed by atoms with van der Waals surface area (Å²) in [5.74, 6) is 0.627. The number of carbonyl (C=O) groups excluding carboxylic acids is 1. The van der Waals surface area contributed by atoms with Crippen LogP contribution in [0.4, 0.5) is 0 Å². The first-order chi connectivity index (χ1) is 9.75. The van der Waals surface area contributed by atoms with Crippen LogP contribution in [-0.2, 0) is 9.53 Å². The lowest BCUT2D eigenvalue weighted by atomic mass is 9.87. The van der Waals surface area contributed by atoms with Crippen LogP contribution in [0.5, 0.6) is 0 Å². The van der Waals surface area contributed by atoms with E-state index in [1.165, 1.54) is 57.9 Å². The molecule has 1 heterocycles. The molecule has 0 aromatic rings. The maximum Gasteiger partial charge on any atom is 0.306 e. The highest BCUT2D eigenvalue weighted by molar-refractivity contribution is 5.69. The fraction of sp³-hybridized carbons (Fsp3) is 0.941. The van der Waals surface area contributed by atoms with Gasteiger partial charge in [-0.1, -0.05) is 25.7 Å². The number of hydrogen-bond acceptors (Lipinski definition) is 3. The molecule has 3 heteroatoms. The summed E-state index contributed by atoms with van der Waals surface area (Å²) in [6.45, 7) is 5.22. The zero-order valence-electron chi connectivity index (χ0n) is 13.1. The smallest absolute Gasteiger partial charge is 0.306 e. The molecule has 3 nitrogen and oxygen atoms in total. The van der Waals surface area contributed by atoms with E-state index >= 15 is 0 Å². The van der Waals surface area contributed by atoms with Crippen molar-refractivity contribution in [3.63, 3.8) is 0 Å². The monoisotopic (exact) mass is 281 g/mol. The maximum absolute atomic E-state index is 11.8. The van der Waals surface area contributed by atoms with E-state index in [0.29, 0.717) is 25.0 Å². The molecule has 0 N–H and O–H groups in total. The Morgan fingerprint density at radius 1 is 1.10 bits per heavy atom. The molecule has 0 radical (unpaired) electrons. The molecule has 0 amide bonds. The number of likely N-dealkylation sites (tertiary alicyclic amines) is 1. The van der Waals surface area contributed by atoms with Crippen molar-refractivity contribution >= 4 is 5.97 Å². The van der Waals surface area contributed by atoms with Gasteiger partial charge in [0.25, 0.3) is 0 Å². The highest BCUT2D eigenvalue weighted by Crippen LogP contribution is 2.26. The molecular weight excluding hydrogens is 250 g/mol. The maximum atomic E-state index is 11.8. The molecular formula is C17H31NO2. The highest BCUT2D eigenvalue weighted by Gasteiger charge is 2.19. The lowest BCUT2D eigenvalue weighted by Crippen LogP contribution is -2.38. The van der Waals surface area contributed by atoms with E-state index in [-0.39, 0.29) is 5.97 Å². The van der Waals surface area contributed by atoms with Crippen LogP contribution in [0.3, 0.4) is 0 Å². The zero-order chi connectivity index (χ0) is 14.2. The summed E-state index contributed by atoms with van der Waals surface area (Å²) < 4.78 is 5.41. The van der Waals surface area contributed by atoms with Gasteiger partial charge in [-0.2, -0.15) is 0 Å². The predicted octanol–water partition coefficient (Wildman–Crippen LogP) is 3.76. The largest absolute Gasteiger partial charge is 0.466 e. The first-order valence-electron chi connectivity index (χ1n) is 8.65. The second-order valence-corrected chi connectivity index (χ2v) is 6.66. The number of hydrogen-bond donors (Lipinski definition) is 0. The Balaban J connectivity index is 1.52. The average molecular weight is 281 g/mol. The third-order valence-electron chi connectivity index (χ3n) is 4.97. The van der Waals surface area contributed by atoms with Crippen molar-refractivity contribution in [3.05, 3.63) is 0 Å². The molecule has 1 saturated carbocycles. The van der Waals surface area contributed by atoms with Crippen LogP contribution in [0.25, 0.3) is 0 Å². The molecule has 2 aliphatic rings. The van der Waals surface area contributed by atoms with Gasteiger partial charge in [0.05, 0.1) is 6.61 Å². The minimum atomic E-state index is 0.0311. The van der Waals surface area contributed by atoms with Crippen LogP contribution in [-0.4, -0.2) is 36.6 Å². The summed E-state index contributed by atoms with van der Waals surface area (Å²) in [4.78, 5) is 14.3. The zero-order valence-corrected chi connectivity index (χ0v) is 13.1. The van der Waals surface area contributed by atoms with Crippen molar-refractivity contribution < 1.29 is 9.53 Å². The molecule has 2 rings (SSSR count). The fourth-order valence-electron chi connectivity index (χ4n) is 3.63. The Morgan fingerprint density at radius 2 is 1.85 bits per heavy atom. The number of nitrogens with zero attached hydrogens (tertiary/aromatic N) is 1. The van der Waals surface area contributed by atoms with Crippen LogP contribution in [0.15, 0.2) is 0 Å². The third kappa shape index (κ3) is 5.43. The van der Waals surface area contributed by atoms with Gasteiger partial charge in [0.1, 0.15) is 0 Å². The molecule has 0 unspecified atom stereocenters. The van der Waals surface area contributed by atoms with Gasteiger partial charge >= 0.3 is 5.97 Å². The van der Waals surface area contributed by atoms with Gasteiger partial charge in [0, 0.05) is 19.0 Å². The van der Waals surface area contributed by atoms with Crippen LogP contribution in [0.2, 0.25) is 0 Å². The number of ether oxygens (including phenoxy) is 1.